The number of halogens is 3. The molecule has 0 saturated heterocycles. The summed E-state index contributed by atoms with van der Waals surface area (Å²) in [5.41, 5.74) is 4.15. The van der Waals surface area contributed by atoms with E-state index >= 15 is 0 Å². The number of aryl methyl sites for hydroxylation is 2. The third-order valence-corrected chi connectivity index (χ3v) is 6.47. The normalized spacial score (nSPS) is 10.1. The van der Waals surface area contributed by atoms with Crippen molar-refractivity contribution in [3.05, 3.63) is 102 Å². The summed E-state index contributed by atoms with van der Waals surface area (Å²) >= 11 is 12.5. The highest BCUT2D eigenvalue weighted by Gasteiger charge is 2.06. The van der Waals surface area contributed by atoms with Gasteiger partial charge in [-0.1, -0.05) is 55.6 Å². The summed E-state index contributed by atoms with van der Waals surface area (Å²) in [6.45, 7) is 4.43. The van der Waals surface area contributed by atoms with Crippen LogP contribution in [0.25, 0.3) is 0 Å². The number of carbonyl (C=O) groups excluding carboxylic acids is 1. The van der Waals surface area contributed by atoms with Gasteiger partial charge in [-0.2, -0.15) is 0 Å². The summed E-state index contributed by atoms with van der Waals surface area (Å²) in [5, 5.41) is 12.2. The molecule has 3 aromatic rings. The summed E-state index contributed by atoms with van der Waals surface area (Å²) in [4.78, 5) is 22.5. The first-order valence-electron chi connectivity index (χ1n) is 9.45. The van der Waals surface area contributed by atoms with Crippen LogP contribution in [-0.4, -0.2) is 23.5 Å². The molecule has 0 unspecified atom stereocenters. The van der Waals surface area contributed by atoms with Crippen LogP contribution in [0.1, 0.15) is 37.4 Å². The third kappa shape index (κ3) is 8.13. The van der Waals surface area contributed by atoms with Crippen molar-refractivity contribution < 1.29 is 14.7 Å². The lowest BCUT2D eigenvalue weighted by molar-refractivity contribution is 0.0696. The molecule has 0 saturated carbocycles. The van der Waals surface area contributed by atoms with E-state index in [1.807, 2.05) is 56.3 Å². The van der Waals surface area contributed by atoms with E-state index in [9.17, 15) is 9.59 Å². The molecular weight excluding hydrogens is 546 g/mol. The van der Waals surface area contributed by atoms with Crippen LogP contribution in [0.5, 0.6) is 0 Å². The number of carbonyl (C=O) groups is 2. The Kier molecular flexibility index (Phi) is 9.75. The molecule has 0 heterocycles. The molecule has 31 heavy (non-hydrogen) atoms. The highest BCUT2D eigenvalue weighted by Crippen LogP contribution is 2.18. The molecular formula is C24H22Br2ClNO3. The first kappa shape index (κ1) is 25.1. The Hall–Kier alpha value is -2.15. The number of hydrogen-bond acceptors (Lipinski definition) is 2. The number of carboxylic acids is 1. The molecule has 0 aliphatic rings. The van der Waals surface area contributed by atoms with Crippen molar-refractivity contribution in [3.63, 3.8) is 0 Å². The zero-order chi connectivity index (χ0) is 23.0. The van der Waals surface area contributed by atoms with Crippen LogP contribution in [0.2, 0.25) is 5.02 Å². The molecule has 0 aliphatic carbocycles. The number of amides is 1. The fourth-order valence-electron chi connectivity index (χ4n) is 2.64. The van der Waals surface area contributed by atoms with Gasteiger partial charge in [-0.05, 0) is 85.5 Å². The number of carboxylic acid groups (broad SMARTS) is 1. The Morgan fingerprint density at radius 1 is 0.871 bits per heavy atom. The number of hydrogen-bond donors (Lipinski definition) is 2. The molecule has 2 N–H and O–H groups in total. The van der Waals surface area contributed by atoms with Gasteiger partial charge in [0.2, 0.25) is 0 Å². The van der Waals surface area contributed by atoms with Crippen LogP contribution in [0, 0.1) is 13.8 Å². The Balaban J connectivity index is 0.000000262. The van der Waals surface area contributed by atoms with Crippen molar-refractivity contribution in [2.45, 2.75) is 20.3 Å². The van der Waals surface area contributed by atoms with Crippen molar-refractivity contribution in [2.75, 3.05) is 6.54 Å². The molecule has 1 amide bonds. The first-order chi connectivity index (χ1) is 14.7. The Morgan fingerprint density at radius 2 is 1.39 bits per heavy atom. The summed E-state index contributed by atoms with van der Waals surface area (Å²) in [6, 6.07) is 18.2. The summed E-state index contributed by atoms with van der Waals surface area (Å²) in [7, 11) is 0. The van der Waals surface area contributed by atoms with Gasteiger partial charge in [0.05, 0.1) is 5.56 Å². The van der Waals surface area contributed by atoms with Crippen molar-refractivity contribution >= 4 is 55.3 Å². The van der Waals surface area contributed by atoms with Crippen LogP contribution in [0.4, 0.5) is 0 Å². The van der Waals surface area contributed by atoms with Gasteiger partial charge in [0.15, 0.2) is 0 Å². The lowest BCUT2D eigenvalue weighted by atomic mass is 10.1. The van der Waals surface area contributed by atoms with Gasteiger partial charge in [0.25, 0.3) is 5.91 Å². The molecule has 3 aromatic carbocycles. The molecule has 0 bridgehead atoms. The largest absolute Gasteiger partial charge is 0.478 e. The summed E-state index contributed by atoms with van der Waals surface area (Å²) in [5.74, 6) is -0.935. The van der Waals surface area contributed by atoms with E-state index in [1.165, 1.54) is 0 Å². The standard InChI is InChI=1S/C16H15BrClNO.C8H7BrO2/c1-11-10-13(4-7-15(11)17)16(20)19-9-8-12-2-5-14(18)6-3-12;1-5-4-6(8(10)11)2-3-7(5)9/h2-7,10H,8-9H2,1H3,(H,19,20);2-4H,1H3,(H,10,11). The van der Waals surface area contributed by atoms with E-state index in [0.29, 0.717) is 17.7 Å². The van der Waals surface area contributed by atoms with Crippen molar-refractivity contribution in [1.82, 2.24) is 5.32 Å². The predicted molar refractivity (Wildman–Crippen MR) is 132 cm³/mol. The smallest absolute Gasteiger partial charge is 0.335 e. The third-order valence-electron chi connectivity index (χ3n) is 4.44. The minimum absolute atomic E-state index is 0.0467. The molecule has 0 spiro atoms. The molecule has 0 fully saturated rings. The molecule has 0 aromatic heterocycles. The van der Waals surface area contributed by atoms with E-state index < -0.39 is 5.97 Å². The van der Waals surface area contributed by atoms with Crippen LogP contribution in [0.3, 0.4) is 0 Å². The van der Waals surface area contributed by atoms with E-state index in [-0.39, 0.29) is 5.91 Å². The molecule has 162 valence electrons. The SMILES string of the molecule is Cc1cc(C(=O)NCCc2ccc(Cl)cc2)ccc1Br.Cc1cc(C(=O)O)ccc1Br. The van der Waals surface area contributed by atoms with E-state index in [4.69, 9.17) is 16.7 Å². The van der Waals surface area contributed by atoms with Crippen LogP contribution >= 0.6 is 43.5 Å². The van der Waals surface area contributed by atoms with E-state index in [1.54, 1.807) is 18.2 Å². The second kappa shape index (κ2) is 12.0. The molecule has 0 radical (unpaired) electrons. The maximum atomic E-state index is 12.0. The molecule has 7 heteroatoms. The van der Waals surface area contributed by atoms with Crippen LogP contribution < -0.4 is 5.32 Å². The maximum Gasteiger partial charge on any atom is 0.335 e. The summed E-state index contributed by atoms with van der Waals surface area (Å²) < 4.78 is 1.94. The minimum Gasteiger partial charge on any atom is -0.478 e. The Bertz CT molecular complexity index is 1070. The van der Waals surface area contributed by atoms with Gasteiger partial charge in [-0.15, -0.1) is 0 Å². The van der Waals surface area contributed by atoms with Gasteiger partial charge >= 0.3 is 5.97 Å². The van der Waals surface area contributed by atoms with E-state index in [2.05, 4.69) is 37.2 Å². The fraction of sp³-hybridized carbons (Fsp3) is 0.167. The summed E-state index contributed by atoms with van der Waals surface area (Å²) in [6.07, 6.45) is 0.790. The van der Waals surface area contributed by atoms with Crippen molar-refractivity contribution in [1.29, 1.82) is 0 Å². The Morgan fingerprint density at radius 3 is 1.90 bits per heavy atom. The molecule has 0 aliphatic heterocycles. The number of aromatic carboxylic acids is 1. The highest BCUT2D eigenvalue weighted by atomic mass is 79.9. The number of rotatable bonds is 5. The minimum atomic E-state index is -0.888. The fourth-order valence-corrected chi connectivity index (χ4v) is 3.26. The second-order valence-electron chi connectivity index (χ2n) is 6.87. The number of benzene rings is 3. The van der Waals surface area contributed by atoms with Crippen molar-refractivity contribution in [3.8, 4) is 0 Å². The quantitative estimate of drug-likeness (QED) is 0.355. The van der Waals surface area contributed by atoms with Crippen LogP contribution in [0.15, 0.2) is 69.6 Å². The molecule has 4 nitrogen and oxygen atoms in total. The average molecular weight is 568 g/mol. The second-order valence-corrected chi connectivity index (χ2v) is 9.01. The predicted octanol–water partition coefficient (Wildman–Crippen LogP) is 6.84. The first-order valence-corrected chi connectivity index (χ1v) is 11.4. The van der Waals surface area contributed by atoms with Gasteiger partial charge < -0.3 is 10.4 Å². The van der Waals surface area contributed by atoms with Gasteiger partial charge in [0, 0.05) is 26.1 Å². The van der Waals surface area contributed by atoms with Gasteiger partial charge in [-0.3, -0.25) is 4.79 Å². The monoisotopic (exact) mass is 565 g/mol. The Labute approximate surface area is 203 Å². The average Bonchev–Trinajstić information content (AvgIpc) is 2.73. The van der Waals surface area contributed by atoms with Gasteiger partial charge in [-0.25, -0.2) is 4.79 Å². The molecule has 3 rings (SSSR count). The lowest BCUT2D eigenvalue weighted by Gasteiger charge is -2.07. The lowest BCUT2D eigenvalue weighted by Crippen LogP contribution is -2.25. The zero-order valence-corrected chi connectivity index (χ0v) is 21.0. The highest BCUT2D eigenvalue weighted by molar-refractivity contribution is 9.10. The topological polar surface area (TPSA) is 66.4 Å². The number of nitrogens with one attached hydrogen (secondary N) is 1. The maximum absolute atomic E-state index is 12.0. The van der Waals surface area contributed by atoms with Crippen LogP contribution in [-0.2, 0) is 6.42 Å². The molecule has 0 atom stereocenters. The van der Waals surface area contributed by atoms with E-state index in [0.717, 1.165) is 37.1 Å². The van der Waals surface area contributed by atoms with Gasteiger partial charge in [0.1, 0.15) is 0 Å². The van der Waals surface area contributed by atoms with Crippen molar-refractivity contribution in [2.24, 2.45) is 0 Å². The zero-order valence-electron chi connectivity index (χ0n) is 17.1.